The molecule has 1 fully saturated rings. The summed E-state index contributed by atoms with van der Waals surface area (Å²) in [5.41, 5.74) is 6.73. The number of rotatable bonds is 5. The van der Waals surface area contributed by atoms with Gasteiger partial charge in [0.05, 0.1) is 21.3 Å². The topological polar surface area (TPSA) is 65.7 Å². The molecule has 0 atom stereocenters. The van der Waals surface area contributed by atoms with Crippen molar-refractivity contribution >= 4 is 5.69 Å². The Balaban J connectivity index is 2.20. The van der Waals surface area contributed by atoms with Crippen LogP contribution >= 0.6 is 0 Å². The molecule has 100 valence electrons. The molecule has 0 amide bonds. The lowest BCUT2D eigenvalue weighted by Crippen LogP contribution is -2.44. The molecule has 0 saturated heterocycles. The number of nitrogens with one attached hydrogen (secondary N) is 1. The van der Waals surface area contributed by atoms with E-state index in [1.807, 2.05) is 12.1 Å². The Bertz CT molecular complexity index is 392. The van der Waals surface area contributed by atoms with Crippen LogP contribution in [0.25, 0.3) is 0 Å². The SMILES string of the molecule is COc1cc(NC2CC(N)C2)cc(OC)c1OC. The first kappa shape index (κ1) is 12.8. The van der Waals surface area contributed by atoms with Crippen molar-refractivity contribution in [1.29, 1.82) is 0 Å². The number of hydrogen-bond donors (Lipinski definition) is 2. The predicted molar refractivity (Wildman–Crippen MR) is 70.7 cm³/mol. The highest BCUT2D eigenvalue weighted by atomic mass is 16.5. The molecule has 0 heterocycles. The van der Waals surface area contributed by atoms with E-state index in [0.29, 0.717) is 29.3 Å². The molecule has 0 unspecified atom stereocenters. The van der Waals surface area contributed by atoms with Gasteiger partial charge in [0.15, 0.2) is 11.5 Å². The van der Waals surface area contributed by atoms with Crippen molar-refractivity contribution in [1.82, 2.24) is 0 Å². The van der Waals surface area contributed by atoms with Gasteiger partial charge in [-0.05, 0) is 12.8 Å². The van der Waals surface area contributed by atoms with E-state index < -0.39 is 0 Å². The molecule has 0 aliphatic heterocycles. The molecule has 18 heavy (non-hydrogen) atoms. The summed E-state index contributed by atoms with van der Waals surface area (Å²) >= 11 is 0. The molecule has 0 bridgehead atoms. The van der Waals surface area contributed by atoms with Gasteiger partial charge in [0.2, 0.25) is 5.75 Å². The lowest BCUT2D eigenvalue weighted by molar-refractivity contribution is 0.324. The summed E-state index contributed by atoms with van der Waals surface area (Å²) in [5.74, 6) is 1.92. The molecule has 0 aromatic heterocycles. The van der Waals surface area contributed by atoms with E-state index in [1.54, 1.807) is 21.3 Å². The Hall–Kier alpha value is -1.62. The van der Waals surface area contributed by atoms with Crippen LogP contribution in [0.15, 0.2) is 12.1 Å². The quantitative estimate of drug-likeness (QED) is 0.833. The number of benzene rings is 1. The standard InChI is InChI=1S/C13H20N2O3/c1-16-11-6-10(15-9-4-8(14)5-9)7-12(17-2)13(11)18-3/h6-9,15H,4-5,14H2,1-3H3. The van der Waals surface area contributed by atoms with Gasteiger partial charge >= 0.3 is 0 Å². The molecule has 5 heteroatoms. The molecule has 0 spiro atoms. The molecule has 1 aliphatic carbocycles. The van der Waals surface area contributed by atoms with E-state index >= 15 is 0 Å². The summed E-state index contributed by atoms with van der Waals surface area (Å²) in [7, 11) is 4.82. The van der Waals surface area contributed by atoms with Gasteiger partial charge in [-0.15, -0.1) is 0 Å². The van der Waals surface area contributed by atoms with Crippen LogP contribution in [0.1, 0.15) is 12.8 Å². The maximum absolute atomic E-state index is 5.77. The van der Waals surface area contributed by atoms with Crippen molar-refractivity contribution in [3.63, 3.8) is 0 Å². The lowest BCUT2D eigenvalue weighted by atomic mass is 9.87. The van der Waals surface area contributed by atoms with Crippen LogP contribution in [0.4, 0.5) is 5.69 Å². The molecule has 0 radical (unpaired) electrons. The Kier molecular flexibility index (Phi) is 3.81. The first-order chi connectivity index (χ1) is 8.67. The van der Waals surface area contributed by atoms with Crippen molar-refractivity contribution in [3.05, 3.63) is 12.1 Å². The molecule has 1 aromatic rings. The van der Waals surface area contributed by atoms with Gasteiger partial charge < -0.3 is 25.3 Å². The van der Waals surface area contributed by atoms with Crippen LogP contribution in [-0.4, -0.2) is 33.4 Å². The third-order valence-electron chi connectivity index (χ3n) is 3.21. The third kappa shape index (κ3) is 2.46. The second kappa shape index (κ2) is 5.35. The Morgan fingerprint density at radius 3 is 2.00 bits per heavy atom. The highest BCUT2D eigenvalue weighted by Crippen LogP contribution is 2.40. The molecule has 1 aliphatic rings. The van der Waals surface area contributed by atoms with Crippen molar-refractivity contribution in [2.45, 2.75) is 24.9 Å². The van der Waals surface area contributed by atoms with E-state index in [9.17, 15) is 0 Å². The number of ether oxygens (including phenoxy) is 3. The fourth-order valence-electron chi connectivity index (χ4n) is 2.18. The van der Waals surface area contributed by atoms with E-state index in [4.69, 9.17) is 19.9 Å². The zero-order valence-corrected chi connectivity index (χ0v) is 11.0. The molecule has 1 saturated carbocycles. The summed E-state index contributed by atoms with van der Waals surface area (Å²) in [6.45, 7) is 0. The predicted octanol–water partition coefficient (Wildman–Crippen LogP) is 1.61. The van der Waals surface area contributed by atoms with Gasteiger partial charge in [0.1, 0.15) is 0 Å². The van der Waals surface area contributed by atoms with Gasteiger partial charge in [-0.2, -0.15) is 0 Å². The minimum Gasteiger partial charge on any atom is -0.493 e. The summed E-state index contributed by atoms with van der Waals surface area (Å²) in [5, 5.41) is 3.41. The van der Waals surface area contributed by atoms with Gasteiger partial charge in [-0.1, -0.05) is 0 Å². The number of nitrogens with two attached hydrogens (primary N) is 1. The first-order valence-corrected chi connectivity index (χ1v) is 6.00. The first-order valence-electron chi connectivity index (χ1n) is 6.00. The monoisotopic (exact) mass is 252 g/mol. The minimum absolute atomic E-state index is 0.324. The van der Waals surface area contributed by atoms with Crippen molar-refractivity contribution in [3.8, 4) is 17.2 Å². The Morgan fingerprint density at radius 1 is 1.06 bits per heavy atom. The van der Waals surface area contributed by atoms with Crippen molar-refractivity contribution in [2.24, 2.45) is 5.73 Å². The smallest absolute Gasteiger partial charge is 0.203 e. The molecule has 5 nitrogen and oxygen atoms in total. The summed E-state index contributed by atoms with van der Waals surface area (Å²) < 4.78 is 15.9. The average molecular weight is 252 g/mol. The van der Waals surface area contributed by atoms with Crippen LogP contribution in [0, 0.1) is 0 Å². The van der Waals surface area contributed by atoms with Gasteiger partial charge in [0.25, 0.3) is 0 Å². The second-order valence-electron chi connectivity index (χ2n) is 4.49. The fourth-order valence-corrected chi connectivity index (χ4v) is 2.18. The third-order valence-corrected chi connectivity index (χ3v) is 3.21. The highest BCUT2D eigenvalue weighted by Gasteiger charge is 2.26. The van der Waals surface area contributed by atoms with Crippen molar-refractivity contribution in [2.75, 3.05) is 26.6 Å². The highest BCUT2D eigenvalue weighted by molar-refractivity contribution is 5.63. The van der Waals surface area contributed by atoms with E-state index in [1.165, 1.54) is 0 Å². The number of anilines is 1. The average Bonchev–Trinajstić information content (AvgIpc) is 2.35. The largest absolute Gasteiger partial charge is 0.493 e. The van der Waals surface area contributed by atoms with Crippen LogP contribution in [0.3, 0.4) is 0 Å². The lowest BCUT2D eigenvalue weighted by Gasteiger charge is -2.34. The van der Waals surface area contributed by atoms with Crippen LogP contribution in [0.5, 0.6) is 17.2 Å². The van der Waals surface area contributed by atoms with E-state index in [2.05, 4.69) is 5.32 Å². The normalized spacial score (nSPS) is 22.0. The molecular formula is C13H20N2O3. The van der Waals surface area contributed by atoms with Crippen molar-refractivity contribution < 1.29 is 14.2 Å². The summed E-state index contributed by atoms with van der Waals surface area (Å²) in [6, 6.07) is 4.57. The Morgan fingerprint density at radius 2 is 1.61 bits per heavy atom. The van der Waals surface area contributed by atoms with E-state index in [-0.39, 0.29) is 0 Å². The van der Waals surface area contributed by atoms with Crippen LogP contribution < -0.4 is 25.3 Å². The molecule has 3 N–H and O–H groups in total. The second-order valence-corrected chi connectivity index (χ2v) is 4.49. The van der Waals surface area contributed by atoms with Crippen LogP contribution in [-0.2, 0) is 0 Å². The maximum atomic E-state index is 5.77. The maximum Gasteiger partial charge on any atom is 0.203 e. The summed E-state index contributed by atoms with van der Waals surface area (Å²) in [4.78, 5) is 0. The van der Waals surface area contributed by atoms with Gasteiger partial charge in [-0.3, -0.25) is 0 Å². The molecule has 2 rings (SSSR count). The van der Waals surface area contributed by atoms with Gasteiger partial charge in [-0.25, -0.2) is 0 Å². The zero-order valence-electron chi connectivity index (χ0n) is 11.0. The molecule has 1 aromatic carbocycles. The molecular weight excluding hydrogens is 232 g/mol. The Labute approximate surface area is 107 Å². The number of hydrogen-bond acceptors (Lipinski definition) is 5. The van der Waals surface area contributed by atoms with Gasteiger partial charge in [0, 0.05) is 29.9 Å². The fraction of sp³-hybridized carbons (Fsp3) is 0.538. The number of methoxy groups -OCH3 is 3. The van der Waals surface area contributed by atoms with E-state index in [0.717, 1.165) is 18.5 Å². The summed E-state index contributed by atoms with van der Waals surface area (Å²) in [6.07, 6.45) is 1.99. The minimum atomic E-state index is 0.324. The zero-order chi connectivity index (χ0) is 13.1. The van der Waals surface area contributed by atoms with Crippen LogP contribution in [0.2, 0.25) is 0 Å².